The van der Waals surface area contributed by atoms with Crippen LogP contribution in [0.1, 0.15) is 24.8 Å². The molecule has 0 heterocycles. The van der Waals surface area contributed by atoms with Crippen molar-refractivity contribution in [2.45, 2.75) is 31.3 Å². The Labute approximate surface area is 115 Å². The normalized spacial score (nSPS) is 17.3. The molecule has 0 amide bonds. The number of methoxy groups -OCH3 is 1. The van der Waals surface area contributed by atoms with Gasteiger partial charge in [-0.2, -0.15) is 0 Å². The molecule has 0 aromatic heterocycles. The van der Waals surface area contributed by atoms with E-state index in [9.17, 15) is 10.2 Å². The van der Waals surface area contributed by atoms with Crippen molar-refractivity contribution in [3.05, 3.63) is 22.2 Å². The van der Waals surface area contributed by atoms with Crippen molar-refractivity contribution in [2.24, 2.45) is 0 Å². The van der Waals surface area contributed by atoms with E-state index < -0.39 is 0 Å². The summed E-state index contributed by atoms with van der Waals surface area (Å²) in [4.78, 5) is 0. The molecule has 0 unspecified atom stereocenters. The van der Waals surface area contributed by atoms with E-state index in [4.69, 9.17) is 4.74 Å². The van der Waals surface area contributed by atoms with Gasteiger partial charge in [0, 0.05) is 12.1 Å². The molecule has 1 aromatic carbocycles. The van der Waals surface area contributed by atoms with Crippen molar-refractivity contribution in [2.75, 3.05) is 13.7 Å². The highest BCUT2D eigenvalue weighted by Gasteiger charge is 2.35. The molecular weight excluding hydrogens is 298 g/mol. The monoisotopic (exact) mass is 315 g/mol. The zero-order valence-electron chi connectivity index (χ0n) is 10.4. The lowest BCUT2D eigenvalue weighted by Gasteiger charge is -2.41. The summed E-state index contributed by atoms with van der Waals surface area (Å²) in [6.45, 7) is 0.819. The van der Waals surface area contributed by atoms with Crippen LogP contribution in [0.5, 0.6) is 11.5 Å². The molecule has 4 nitrogen and oxygen atoms in total. The first kappa shape index (κ1) is 13.6. The molecular formula is C13H18BrNO3. The number of aromatic hydroxyl groups is 1. The number of phenols is 1. The maximum Gasteiger partial charge on any atom is 0.172 e. The molecule has 1 saturated carbocycles. The molecule has 100 valence electrons. The zero-order chi connectivity index (χ0) is 13.2. The van der Waals surface area contributed by atoms with Gasteiger partial charge in [-0.25, -0.2) is 0 Å². The van der Waals surface area contributed by atoms with Crippen LogP contribution in [0.25, 0.3) is 0 Å². The largest absolute Gasteiger partial charge is 0.503 e. The summed E-state index contributed by atoms with van der Waals surface area (Å²) < 4.78 is 5.72. The van der Waals surface area contributed by atoms with Gasteiger partial charge in [-0.15, -0.1) is 0 Å². The van der Waals surface area contributed by atoms with Gasteiger partial charge >= 0.3 is 0 Å². The number of hydrogen-bond donors (Lipinski definition) is 3. The zero-order valence-corrected chi connectivity index (χ0v) is 12.0. The van der Waals surface area contributed by atoms with Crippen LogP contribution in [0.2, 0.25) is 0 Å². The first-order chi connectivity index (χ1) is 8.60. The minimum atomic E-state index is -0.113. The summed E-state index contributed by atoms with van der Waals surface area (Å²) in [5.74, 6) is 0.564. The van der Waals surface area contributed by atoms with Crippen molar-refractivity contribution >= 4 is 15.9 Å². The fourth-order valence-corrected chi connectivity index (χ4v) is 2.66. The third-order valence-electron chi connectivity index (χ3n) is 3.59. The maximum atomic E-state index is 9.72. The van der Waals surface area contributed by atoms with E-state index >= 15 is 0 Å². The molecule has 1 fully saturated rings. The Morgan fingerprint density at radius 2 is 2.17 bits per heavy atom. The minimum Gasteiger partial charge on any atom is -0.503 e. The van der Waals surface area contributed by atoms with Crippen LogP contribution in [0, 0.1) is 0 Å². The Bertz CT molecular complexity index is 427. The quantitative estimate of drug-likeness (QED) is 0.779. The van der Waals surface area contributed by atoms with Crippen LogP contribution in [0.15, 0.2) is 16.6 Å². The van der Waals surface area contributed by atoms with E-state index in [1.807, 2.05) is 6.07 Å². The van der Waals surface area contributed by atoms with Crippen molar-refractivity contribution < 1.29 is 14.9 Å². The summed E-state index contributed by atoms with van der Waals surface area (Å²) in [5, 5.41) is 22.5. The minimum absolute atomic E-state index is 0.113. The lowest BCUT2D eigenvalue weighted by molar-refractivity contribution is 0.0872. The van der Waals surface area contributed by atoms with Crippen LogP contribution >= 0.6 is 15.9 Å². The number of aliphatic hydroxyl groups excluding tert-OH is 1. The van der Waals surface area contributed by atoms with Gasteiger partial charge in [-0.05, 0) is 52.9 Å². The Balaban J connectivity index is 2.07. The second-order valence-corrected chi connectivity index (χ2v) is 5.63. The van der Waals surface area contributed by atoms with Gasteiger partial charge < -0.3 is 20.3 Å². The van der Waals surface area contributed by atoms with Gasteiger partial charge in [-0.1, -0.05) is 0 Å². The van der Waals surface area contributed by atoms with Gasteiger partial charge in [0.1, 0.15) is 0 Å². The summed E-state index contributed by atoms with van der Waals surface area (Å²) in [6.07, 6.45) is 3.19. The van der Waals surface area contributed by atoms with E-state index in [1.54, 1.807) is 6.07 Å². The van der Waals surface area contributed by atoms with Crippen molar-refractivity contribution in [1.82, 2.24) is 5.32 Å². The molecule has 1 aliphatic carbocycles. The number of rotatable bonds is 5. The number of halogens is 1. The number of benzene rings is 1. The molecule has 1 aliphatic rings. The Kier molecular flexibility index (Phi) is 4.14. The first-order valence-corrected chi connectivity index (χ1v) is 6.81. The lowest BCUT2D eigenvalue weighted by Crippen LogP contribution is -2.53. The first-order valence-electron chi connectivity index (χ1n) is 6.01. The van der Waals surface area contributed by atoms with Crippen LogP contribution in [-0.2, 0) is 6.54 Å². The number of ether oxygens (including phenoxy) is 1. The molecule has 0 saturated heterocycles. The summed E-state index contributed by atoms with van der Waals surface area (Å²) in [6, 6.07) is 3.66. The second-order valence-electron chi connectivity index (χ2n) is 4.77. The van der Waals surface area contributed by atoms with Crippen LogP contribution < -0.4 is 10.1 Å². The number of nitrogens with one attached hydrogen (secondary N) is 1. The fraction of sp³-hybridized carbons (Fsp3) is 0.538. The lowest BCUT2D eigenvalue weighted by atomic mass is 9.77. The SMILES string of the molecule is COc1cc(CNC2(CO)CCC2)cc(Br)c1O. The molecule has 5 heteroatoms. The smallest absolute Gasteiger partial charge is 0.172 e. The van der Waals surface area contributed by atoms with E-state index in [-0.39, 0.29) is 17.9 Å². The van der Waals surface area contributed by atoms with E-state index in [2.05, 4.69) is 21.2 Å². The highest BCUT2D eigenvalue weighted by molar-refractivity contribution is 9.10. The Morgan fingerprint density at radius 3 is 2.67 bits per heavy atom. The van der Waals surface area contributed by atoms with Gasteiger partial charge in [0.25, 0.3) is 0 Å². The van der Waals surface area contributed by atoms with E-state index in [1.165, 1.54) is 7.11 Å². The van der Waals surface area contributed by atoms with E-state index in [0.717, 1.165) is 24.8 Å². The standard InChI is InChI=1S/C13H18BrNO3/c1-18-11-6-9(5-10(14)12(11)17)7-15-13(8-16)3-2-4-13/h5-6,15-17H,2-4,7-8H2,1H3. The van der Waals surface area contributed by atoms with Crippen LogP contribution in [0.4, 0.5) is 0 Å². The fourth-order valence-electron chi connectivity index (χ4n) is 2.17. The second kappa shape index (κ2) is 5.47. The third kappa shape index (κ3) is 2.63. The maximum absolute atomic E-state index is 9.72. The molecule has 1 aromatic rings. The topological polar surface area (TPSA) is 61.7 Å². The highest BCUT2D eigenvalue weighted by Crippen LogP contribution is 2.36. The van der Waals surface area contributed by atoms with Gasteiger partial charge in [-0.3, -0.25) is 0 Å². The number of hydrogen-bond acceptors (Lipinski definition) is 4. The highest BCUT2D eigenvalue weighted by atomic mass is 79.9. The molecule has 18 heavy (non-hydrogen) atoms. The Morgan fingerprint density at radius 1 is 1.44 bits per heavy atom. The average molecular weight is 316 g/mol. The summed E-state index contributed by atoms with van der Waals surface area (Å²) >= 11 is 3.30. The van der Waals surface area contributed by atoms with Crippen molar-refractivity contribution in [3.8, 4) is 11.5 Å². The van der Waals surface area contributed by atoms with Crippen molar-refractivity contribution in [1.29, 1.82) is 0 Å². The molecule has 0 bridgehead atoms. The predicted molar refractivity (Wildman–Crippen MR) is 72.9 cm³/mol. The molecule has 0 atom stereocenters. The van der Waals surface area contributed by atoms with Crippen molar-refractivity contribution in [3.63, 3.8) is 0 Å². The molecule has 3 N–H and O–H groups in total. The van der Waals surface area contributed by atoms with Gasteiger partial charge in [0.15, 0.2) is 11.5 Å². The third-order valence-corrected chi connectivity index (χ3v) is 4.19. The summed E-state index contributed by atoms with van der Waals surface area (Å²) in [7, 11) is 1.53. The van der Waals surface area contributed by atoms with Gasteiger partial charge in [0.05, 0.1) is 18.2 Å². The van der Waals surface area contributed by atoms with Crippen LogP contribution in [-0.4, -0.2) is 29.5 Å². The average Bonchev–Trinajstić information content (AvgIpc) is 2.32. The molecule has 0 radical (unpaired) electrons. The molecule has 2 rings (SSSR count). The van der Waals surface area contributed by atoms with Gasteiger partial charge in [0.2, 0.25) is 0 Å². The van der Waals surface area contributed by atoms with Crippen LogP contribution in [0.3, 0.4) is 0 Å². The summed E-state index contributed by atoms with van der Waals surface area (Å²) in [5.41, 5.74) is 0.897. The number of phenolic OH excluding ortho intramolecular Hbond substituents is 1. The van der Waals surface area contributed by atoms with E-state index in [0.29, 0.717) is 16.8 Å². The molecule has 0 spiro atoms. The number of aliphatic hydroxyl groups is 1. The predicted octanol–water partition coefficient (Wildman–Crippen LogP) is 2.17. The molecule has 0 aliphatic heterocycles. The Hall–Kier alpha value is -0.780.